The molecule has 186 valence electrons. The topological polar surface area (TPSA) is 129 Å². The van der Waals surface area contributed by atoms with E-state index < -0.39 is 16.8 Å². The molecule has 0 saturated heterocycles. The molecule has 0 spiro atoms. The van der Waals surface area contributed by atoms with E-state index in [1.807, 2.05) is 27.1 Å². The summed E-state index contributed by atoms with van der Waals surface area (Å²) in [6.45, 7) is 6.42. The average Bonchev–Trinajstić information content (AvgIpc) is 3.43. The molecule has 0 bridgehead atoms. The molecule has 3 aromatic rings. The molecule has 1 amide bonds. The minimum absolute atomic E-state index is 0.0546. The third-order valence-electron chi connectivity index (χ3n) is 7.17. The van der Waals surface area contributed by atoms with E-state index in [1.165, 1.54) is 17.2 Å². The molecular formula is C25H32N6O4. The van der Waals surface area contributed by atoms with Crippen molar-refractivity contribution in [2.45, 2.75) is 52.5 Å². The van der Waals surface area contributed by atoms with Crippen molar-refractivity contribution in [1.29, 1.82) is 0 Å². The van der Waals surface area contributed by atoms with Gasteiger partial charge in [0.05, 0.1) is 17.4 Å². The first kappa shape index (κ1) is 24.4. The second-order valence-electron chi connectivity index (χ2n) is 9.72. The Labute approximate surface area is 203 Å². The second-order valence-corrected chi connectivity index (χ2v) is 9.72. The molecule has 2 heterocycles. The minimum atomic E-state index is -0.685. The fourth-order valence-electron chi connectivity index (χ4n) is 4.92. The number of carbonyl (C=O) groups is 1. The van der Waals surface area contributed by atoms with E-state index in [4.69, 9.17) is 0 Å². The lowest BCUT2D eigenvalue weighted by molar-refractivity contribution is 0.0793. The van der Waals surface area contributed by atoms with Crippen molar-refractivity contribution in [2.24, 2.45) is 12.5 Å². The Morgan fingerprint density at radius 2 is 1.91 bits per heavy atom. The molecule has 1 saturated carbocycles. The average molecular weight is 481 g/mol. The van der Waals surface area contributed by atoms with Gasteiger partial charge in [-0.25, -0.2) is 4.98 Å². The van der Waals surface area contributed by atoms with E-state index in [1.54, 1.807) is 11.7 Å². The first-order chi connectivity index (χ1) is 16.6. The van der Waals surface area contributed by atoms with Gasteiger partial charge in [-0.3, -0.25) is 19.1 Å². The monoisotopic (exact) mass is 480 g/mol. The molecule has 0 unspecified atom stereocenters. The van der Waals surface area contributed by atoms with Crippen LogP contribution in [0.3, 0.4) is 0 Å². The van der Waals surface area contributed by atoms with Gasteiger partial charge in [-0.2, -0.15) is 5.10 Å². The number of pyridine rings is 1. The number of anilines is 3. The maximum Gasteiger partial charge on any atom is 0.276 e. The van der Waals surface area contributed by atoms with E-state index in [9.17, 15) is 19.5 Å². The number of nitrogens with zero attached hydrogens (tertiary/aromatic N) is 4. The number of aromatic hydroxyl groups is 1. The van der Waals surface area contributed by atoms with Crippen LogP contribution in [0.5, 0.6) is 5.75 Å². The van der Waals surface area contributed by atoms with Crippen LogP contribution in [-0.4, -0.2) is 44.3 Å². The highest BCUT2D eigenvalue weighted by atomic mass is 16.3. The molecule has 0 radical (unpaired) electrons. The molecule has 3 N–H and O–H groups in total. The van der Waals surface area contributed by atoms with Gasteiger partial charge in [-0.1, -0.05) is 19.8 Å². The van der Waals surface area contributed by atoms with E-state index in [-0.39, 0.29) is 40.0 Å². The lowest BCUT2D eigenvalue weighted by Crippen LogP contribution is -2.40. The maximum atomic E-state index is 12.7. The van der Waals surface area contributed by atoms with Crippen LogP contribution in [0.1, 0.15) is 67.3 Å². The van der Waals surface area contributed by atoms with Crippen LogP contribution in [-0.2, 0) is 7.05 Å². The van der Waals surface area contributed by atoms with E-state index >= 15 is 0 Å². The summed E-state index contributed by atoms with van der Waals surface area (Å²) in [6, 6.07) is 1.19. The molecule has 1 aliphatic carbocycles. The molecule has 1 aliphatic rings. The molecule has 2 aromatic heterocycles. The Balaban J connectivity index is 1.69. The van der Waals surface area contributed by atoms with Crippen molar-refractivity contribution in [3.63, 3.8) is 0 Å². The fraction of sp³-hybridized carbons (Fsp3) is 0.480. The summed E-state index contributed by atoms with van der Waals surface area (Å²) in [4.78, 5) is 43.2. The van der Waals surface area contributed by atoms with E-state index in [0.29, 0.717) is 6.54 Å². The Morgan fingerprint density at radius 3 is 2.51 bits per heavy atom. The molecular weight excluding hydrogens is 448 g/mol. The summed E-state index contributed by atoms with van der Waals surface area (Å²) >= 11 is 0. The summed E-state index contributed by atoms with van der Waals surface area (Å²) in [5.41, 5.74) is 0.609. The molecule has 0 aliphatic heterocycles. The van der Waals surface area contributed by atoms with Gasteiger partial charge in [-0.05, 0) is 43.7 Å². The predicted octanol–water partition coefficient (Wildman–Crippen LogP) is 2.99. The first-order valence-electron chi connectivity index (χ1n) is 11.9. The standard InChI is InChI=1S/C25H32N6O4/c1-6-30(4)24(35)19-20(32)15(9-12-26-19)27-17-18(22(34)21(17)33)28-23(25(3)10-7-8-11-25)16-14(2)13-31(5)29-16/h9,12-13,23,28,32H,6-8,10-11H2,1-5H3,(H,26,27)/t23-/m0/s1. The number of aromatic nitrogens is 3. The van der Waals surface area contributed by atoms with Crippen molar-refractivity contribution in [1.82, 2.24) is 19.7 Å². The van der Waals surface area contributed by atoms with Crippen molar-refractivity contribution >= 4 is 23.0 Å². The highest BCUT2D eigenvalue weighted by molar-refractivity contribution is 5.97. The predicted molar refractivity (Wildman–Crippen MR) is 134 cm³/mol. The zero-order chi connectivity index (χ0) is 25.5. The van der Waals surface area contributed by atoms with Gasteiger partial charge in [0.2, 0.25) is 0 Å². The van der Waals surface area contributed by atoms with Gasteiger partial charge in [-0.15, -0.1) is 0 Å². The van der Waals surface area contributed by atoms with E-state index in [0.717, 1.165) is 36.9 Å². The van der Waals surface area contributed by atoms with Gasteiger partial charge >= 0.3 is 0 Å². The van der Waals surface area contributed by atoms with Crippen LogP contribution in [0.15, 0.2) is 28.0 Å². The molecule has 4 rings (SSSR count). The van der Waals surface area contributed by atoms with Gasteiger partial charge in [0.15, 0.2) is 11.4 Å². The Kier molecular flexibility index (Phi) is 6.40. The molecule has 1 fully saturated rings. The zero-order valence-electron chi connectivity index (χ0n) is 20.8. The fourth-order valence-corrected chi connectivity index (χ4v) is 4.92. The van der Waals surface area contributed by atoms with Gasteiger partial charge in [0.25, 0.3) is 16.8 Å². The van der Waals surface area contributed by atoms with Crippen molar-refractivity contribution in [3.05, 3.63) is 55.9 Å². The summed E-state index contributed by atoms with van der Waals surface area (Å²) in [7, 11) is 3.46. The van der Waals surface area contributed by atoms with Gasteiger partial charge < -0.3 is 20.6 Å². The van der Waals surface area contributed by atoms with Crippen molar-refractivity contribution in [3.8, 4) is 5.75 Å². The van der Waals surface area contributed by atoms with Crippen LogP contribution in [0, 0.1) is 12.3 Å². The van der Waals surface area contributed by atoms with E-state index in [2.05, 4.69) is 27.6 Å². The Morgan fingerprint density at radius 1 is 1.26 bits per heavy atom. The third-order valence-corrected chi connectivity index (χ3v) is 7.17. The molecule has 1 aromatic carbocycles. The minimum Gasteiger partial charge on any atom is -0.504 e. The summed E-state index contributed by atoms with van der Waals surface area (Å²) in [5.74, 6) is -0.825. The number of nitrogens with one attached hydrogen (secondary N) is 2. The Bertz CT molecular complexity index is 1330. The number of amides is 1. The first-order valence-corrected chi connectivity index (χ1v) is 11.9. The highest BCUT2D eigenvalue weighted by Gasteiger charge is 2.41. The Hall–Kier alpha value is -3.69. The largest absolute Gasteiger partial charge is 0.504 e. The number of hydrogen-bond donors (Lipinski definition) is 3. The van der Waals surface area contributed by atoms with Crippen LogP contribution < -0.4 is 21.5 Å². The van der Waals surface area contributed by atoms with Crippen LogP contribution >= 0.6 is 0 Å². The van der Waals surface area contributed by atoms with Gasteiger partial charge in [0, 0.05) is 33.0 Å². The normalized spacial score (nSPS) is 15.8. The van der Waals surface area contributed by atoms with Crippen LogP contribution in [0.4, 0.5) is 17.1 Å². The van der Waals surface area contributed by atoms with Gasteiger partial charge in [0.1, 0.15) is 11.4 Å². The smallest absolute Gasteiger partial charge is 0.276 e. The van der Waals surface area contributed by atoms with Crippen LogP contribution in [0.2, 0.25) is 0 Å². The maximum absolute atomic E-state index is 12.7. The summed E-state index contributed by atoms with van der Waals surface area (Å²) in [5, 5.41) is 21.6. The van der Waals surface area contributed by atoms with Crippen LogP contribution in [0.25, 0.3) is 0 Å². The zero-order valence-corrected chi connectivity index (χ0v) is 20.8. The molecule has 35 heavy (non-hydrogen) atoms. The number of rotatable bonds is 8. The van der Waals surface area contributed by atoms with Crippen molar-refractivity contribution in [2.75, 3.05) is 24.2 Å². The molecule has 10 heteroatoms. The second kappa shape index (κ2) is 9.16. The number of carbonyl (C=O) groups excluding carboxylic acids is 1. The summed E-state index contributed by atoms with van der Waals surface area (Å²) in [6.07, 6.45) is 7.43. The quantitative estimate of drug-likeness (QED) is 0.420. The highest BCUT2D eigenvalue weighted by Crippen LogP contribution is 2.49. The van der Waals surface area contributed by atoms with Crippen molar-refractivity contribution < 1.29 is 9.90 Å². The third kappa shape index (κ3) is 4.28. The SMILES string of the molecule is CCN(C)C(=O)c1nccc(Nc2c(N[C@@H](c3nn(C)cc3C)C3(C)CCCC3)c(=O)c2=O)c1O. The number of hydrogen-bond acceptors (Lipinski definition) is 8. The molecule has 10 nitrogen and oxygen atoms in total. The molecule has 1 atom stereocenters. The lowest BCUT2D eigenvalue weighted by Gasteiger charge is -2.35. The summed E-state index contributed by atoms with van der Waals surface area (Å²) < 4.78 is 1.75. The number of aryl methyl sites for hydroxylation is 2. The lowest BCUT2D eigenvalue weighted by atomic mass is 9.78.